The molecule has 176 valence electrons. The van der Waals surface area contributed by atoms with E-state index in [1.54, 1.807) is 17.0 Å². The fourth-order valence-electron chi connectivity index (χ4n) is 5.64. The van der Waals surface area contributed by atoms with Crippen LogP contribution in [-0.4, -0.2) is 53.7 Å². The smallest absolute Gasteiger partial charge is 0.339 e. The van der Waals surface area contributed by atoms with Crippen molar-refractivity contribution in [2.45, 2.75) is 57.0 Å². The SMILES string of the molecule is O=C(COc1ccc2c3c(c(=O)oc2c1)CCC3)NCC(=O)N1CC[C@]2(O)CCCC[C@H]2C1. The van der Waals surface area contributed by atoms with Crippen molar-refractivity contribution in [2.75, 3.05) is 26.2 Å². The van der Waals surface area contributed by atoms with E-state index in [0.717, 1.165) is 61.5 Å². The summed E-state index contributed by atoms with van der Waals surface area (Å²) in [5.41, 5.74) is 1.34. The Morgan fingerprint density at radius 2 is 2.03 bits per heavy atom. The largest absolute Gasteiger partial charge is 0.484 e. The monoisotopic (exact) mass is 454 g/mol. The maximum Gasteiger partial charge on any atom is 0.339 e. The summed E-state index contributed by atoms with van der Waals surface area (Å²) >= 11 is 0. The molecule has 2 fully saturated rings. The van der Waals surface area contributed by atoms with E-state index in [1.807, 2.05) is 6.07 Å². The summed E-state index contributed by atoms with van der Waals surface area (Å²) in [5, 5.41) is 14.3. The number of piperidine rings is 1. The van der Waals surface area contributed by atoms with Gasteiger partial charge < -0.3 is 24.5 Å². The van der Waals surface area contributed by atoms with Gasteiger partial charge in [0.1, 0.15) is 11.3 Å². The van der Waals surface area contributed by atoms with E-state index >= 15 is 0 Å². The molecule has 0 radical (unpaired) electrons. The van der Waals surface area contributed by atoms with E-state index in [0.29, 0.717) is 30.8 Å². The van der Waals surface area contributed by atoms with E-state index in [2.05, 4.69) is 5.32 Å². The number of likely N-dealkylation sites (tertiary alicyclic amines) is 1. The van der Waals surface area contributed by atoms with Crippen LogP contribution < -0.4 is 15.7 Å². The highest BCUT2D eigenvalue weighted by Gasteiger charge is 2.43. The number of aryl methyl sites for hydroxylation is 1. The highest BCUT2D eigenvalue weighted by molar-refractivity contribution is 5.86. The molecular weight excluding hydrogens is 424 g/mol. The molecule has 8 heteroatoms. The molecule has 1 saturated heterocycles. The molecule has 0 spiro atoms. The zero-order valence-electron chi connectivity index (χ0n) is 18.7. The molecule has 2 aliphatic carbocycles. The molecule has 8 nitrogen and oxygen atoms in total. The normalized spacial score (nSPS) is 24.3. The first-order chi connectivity index (χ1) is 15.9. The van der Waals surface area contributed by atoms with Crippen molar-refractivity contribution in [3.05, 3.63) is 39.7 Å². The van der Waals surface area contributed by atoms with Crippen LogP contribution in [0.15, 0.2) is 27.4 Å². The first-order valence-corrected chi connectivity index (χ1v) is 11.9. The molecule has 5 rings (SSSR count). The van der Waals surface area contributed by atoms with E-state index in [1.165, 1.54) is 0 Å². The van der Waals surface area contributed by atoms with Crippen molar-refractivity contribution in [1.82, 2.24) is 10.2 Å². The van der Waals surface area contributed by atoms with Crippen LogP contribution >= 0.6 is 0 Å². The summed E-state index contributed by atoms with van der Waals surface area (Å²) in [6.45, 7) is 0.736. The standard InChI is InChI=1S/C25H30N2O6/c28-22(26-13-23(29)27-11-10-25(31)9-2-1-4-16(25)14-27)15-32-17-7-8-19-18-5-3-6-20(18)24(30)33-21(19)12-17/h7-8,12,16,31H,1-6,9-11,13-15H2,(H,26,28)/t16-,25+/m0/s1. The van der Waals surface area contributed by atoms with Crippen molar-refractivity contribution in [3.8, 4) is 5.75 Å². The van der Waals surface area contributed by atoms with Gasteiger partial charge in [0, 0.05) is 36.0 Å². The fourth-order valence-corrected chi connectivity index (χ4v) is 5.64. The van der Waals surface area contributed by atoms with Gasteiger partial charge in [-0.1, -0.05) is 12.8 Å². The lowest BCUT2D eigenvalue weighted by molar-refractivity contribution is -0.143. The Hall–Kier alpha value is -2.87. The Bertz CT molecular complexity index is 1140. The average Bonchev–Trinajstić information content (AvgIpc) is 3.31. The Morgan fingerprint density at radius 3 is 2.91 bits per heavy atom. The third-order valence-electron chi connectivity index (χ3n) is 7.53. The van der Waals surface area contributed by atoms with Crippen LogP contribution in [0.3, 0.4) is 0 Å². The van der Waals surface area contributed by atoms with E-state index in [-0.39, 0.29) is 30.6 Å². The minimum absolute atomic E-state index is 0.0912. The Balaban J connectivity index is 1.13. The first-order valence-electron chi connectivity index (χ1n) is 11.9. The van der Waals surface area contributed by atoms with Gasteiger partial charge in [-0.15, -0.1) is 0 Å². The maximum absolute atomic E-state index is 12.6. The minimum Gasteiger partial charge on any atom is -0.484 e. The Labute approximate surface area is 191 Å². The molecule has 33 heavy (non-hydrogen) atoms. The molecule has 2 amide bonds. The van der Waals surface area contributed by atoms with E-state index < -0.39 is 11.5 Å². The van der Waals surface area contributed by atoms with Crippen molar-refractivity contribution >= 4 is 22.8 Å². The van der Waals surface area contributed by atoms with Gasteiger partial charge in [-0.05, 0) is 56.2 Å². The number of fused-ring (bicyclic) bond motifs is 4. The van der Waals surface area contributed by atoms with E-state index in [4.69, 9.17) is 9.15 Å². The third-order valence-corrected chi connectivity index (χ3v) is 7.53. The molecule has 0 bridgehead atoms. The number of carbonyl (C=O) groups excluding carboxylic acids is 2. The van der Waals surface area contributed by atoms with Gasteiger partial charge in [-0.2, -0.15) is 0 Å². The van der Waals surface area contributed by atoms with Crippen molar-refractivity contribution in [1.29, 1.82) is 0 Å². The van der Waals surface area contributed by atoms with Gasteiger partial charge in [0.2, 0.25) is 5.91 Å². The van der Waals surface area contributed by atoms with Crippen LogP contribution in [0.2, 0.25) is 0 Å². The third kappa shape index (κ3) is 4.36. The average molecular weight is 455 g/mol. The summed E-state index contributed by atoms with van der Waals surface area (Å²) in [7, 11) is 0. The highest BCUT2D eigenvalue weighted by atomic mass is 16.5. The lowest BCUT2D eigenvalue weighted by Crippen LogP contribution is -2.56. The van der Waals surface area contributed by atoms with Crippen molar-refractivity contribution in [3.63, 3.8) is 0 Å². The van der Waals surface area contributed by atoms with Gasteiger partial charge in [0.25, 0.3) is 5.91 Å². The molecule has 2 N–H and O–H groups in total. The molecular formula is C25H30N2O6. The summed E-state index contributed by atoms with van der Waals surface area (Å²) in [5.74, 6) is 0.0113. The molecule has 2 heterocycles. The van der Waals surface area contributed by atoms with Crippen LogP contribution in [-0.2, 0) is 22.4 Å². The first kappa shape index (κ1) is 21.9. The predicted octanol–water partition coefficient (Wildman–Crippen LogP) is 1.93. The zero-order valence-corrected chi connectivity index (χ0v) is 18.7. The quantitative estimate of drug-likeness (QED) is 0.669. The van der Waals surface area contributed by atoms with Crippen LogP contribution in [0, 0.1) is 5.92 Å². The second kappa shape index (κ2) is 8.82. The van der Waals surface area contributed by atoms with Gasteiger partial charge in [0.15, 0.2) is 6.61 Å². The summed E-state index contributed by atoms with van der Waals surface area (Å²) in [6, 6.07) is 5.26. The molecule has 1 saturated carbocycles. The van der Waals surface area contributed by atoms with Crippen LogP contribution in [0.4, 0.5) is 0 Å². The zero-order chi connectivity index (χ0) is 23.0. The van der Waals surface area contributed by atoms with Gasteiger partial charge in [-0.3, -0.25) is 9.59 Å². The number of nitrogens with zero attached hydrogens (tertiary/aromatic N) is 1. The number of carbonyl (C=O) groups is 2. The maximum atomic E-state index is 12.6. The minimum atomic E-state index is -0.634. The van der Waals surface area contributed by atoms with Crippen LogP contribution in [0.25, 0.3) is 11.0 Å². The highest BCUT2D eigenvalue weighted by Crippen LogP contribution is 2.39. The molecule has 2 atom stereocenters. The fraction of sp³-hybridized carbons (Fsp3) is 0.560. The van der Waals surface area contributed by atoms with Crippen LogP contribution in [0.1, 0.15) is 49.7 Å². The Morgan fingerprint density at radius 1 is 1.18 bits per heavy atom. The second-order valence-electron chi connectivity index (χ2n) is 9.56. The number of aliphatic hydroxyl groups is 1. The molecule has 1 aromatic heterocycles. The molecule has 2 aromatic rings. The number of hydrogen-bond donors (Lipinski definition) is 2. The number of ether oxygens (including phenoxy) is 1. The van der Waals surface area contributed by atoms with Gasteiger partial charge in [-0.25, -0.2) is 4.79 Å². The molecule has 3 aliphatic rings. The van der Waals surface area contributed by atoms with Crippen molar-refractivity contribution in [2.24, 2.45) is 5.92 Å². The lowest BCUT2D eigenvalue weighted by atomic mass is 9.71. The van der Waals surface area contributed by atoms with Crippen molar-refractivity contribution < 1.29 is 23.8 Å². The number of benzene rings is 1. The number of amides is 2. The van der Waals surface area contributed by atoms with Gasteiger partial charge in [0.05, 0.1) is 12.1 Å². The molecule has 1 aromatic carbocycles. The molecule has 0 unspecified atom stereocenters. The predicted molar refractivity (Wildman–Crippen MR) is 121 cm³/mol. The lowest BCUT2D eigenvalue weighted by Gasteiger charge is -2.47. The number of hydrogen-bond acceptors (Lipinski definition) is 6. The summed E-state index contributed by atoms with van der Waals surface area (Å²) < 4.78 is 11.0. The second-order valence-corrected chi connectivity index (χ2v) is 9.56. The topological polar surface area (TPSA) is 109 Å². The van der Waals surface area contributed by atoms with E-state index in [9.17, 15) is 19.5 Å². The molecule has 1 aliphatic heterocycles. The summed E-state index contributed by atoms with van der Waals surface area (Å²) in [6.07, 6.45) is 7.06. The van der Waals surface area contributed by atoms with Gasteiger partial charge >= 0.3 is 5.63 Å². The number of nitrogens with one attached hydrogen (secondary N) is 1. The summed E-state index contributed by atoms with van der Waals surface area (Å²) in [4.78, 5) is 38.7. The van der Waals surface area contributed by atoms with Crippen LogP contribution in [0.5, 0.6) is 5.75 Å². The Kier molecular flexibility index (Phi) is 5.86. The number of rotatable bonds is 5.